The first-order chi connectivity index (χ1) is 10.5. The lowest BCUT2D eigenvalue weighted by molar-refractivity contribution is -0.384. The third-order valence-corrected chi connectivity index (χ3v) is 3.12. The molecule has 1 amide bonds. The molecule has 0 saturated heterocycles. The van der Waals surface area contributed by atoms with E-state index in [4.69, 9.17) is 0 Å². The van der Waals surface area contributed by atoms with Crippen LogP contribution in [-0.4, -0.2) is 27.5 Å². The molecule has 1 aromatic carbocycles. The molecule has 0 radical (unpaired) electrons. The van der Waals surface area contributed by atoms with E-state index in [0.29, 0.717) is 11.1 Å². The number of pyridine rings is 1. The van der Waals surface area contributed by atoms with Gasteiger partial charge in [-0.05, 0) is 36.8 Å². The van der Waals surface area contributed by atoms with Gasteiger partial charge in [-0.25, -0.2) is 0 Å². The van der Waals surface area contributed by atoms with Gasteiger partial charge in [-0.1, -0.05) is 0 Å². The van der Waals surface area contributed by atoms with Crippen LogP contribution in [0.5, 0.6) is 0 Å². The molecule has 22 heavy (non-hydrogen) atoms. The molecule has 7 heteroatoms. The Kier molecular flexibility index (Phi) is 4.80. The van der Waals surface area contributed by atoms with Crippen molar-refractivity contribution in [3.63, 3.8) is 0 Å². The third kappa shape index (κ3) is 3.86. The largest absolute Gasteiger partial charge is 0.387 e. The number of aryl methyl sites for hydroxylation is 1. The van der Waals surface area contributed by atoms with Crippen molar-refractivity contribution in [2.75, 3.05) is 6.54 Å². The summed E-state index contributed by atoms with van der Waals surface area (Å²) < 4.78 is 0. The number of non-ortho nitro benzene ring substituents is 1. The quantitative estimate of drug-likeness (QED) is 0.646. The van der Waals surface area contributed by atoms with Gasteiger partial charge in [-0.3, -0.25) is 19.9 Å². The van der Waals surface area contributed by atoms with Crippen LogP contribution in [0.4, 0.5) is 5.69 Å². The highest BCUT2D eigenvalue weighted by molar-refractivity contribution is 5.93. The number of carbonyl (C=O) groups excluding carboxylic acids is 1. The first-order valence-electron chi connectivity index (χ1n) is 6.60. The number of nitrogens with zero attached hydrogens (tertiary/aromatic N) is 2. The van der Waals surface area contributed by atoms with Crippen molar-refractivity contribution < 1.29 is 14.8 Å². The molecule has 1 unspecified atom stereocenters. The summed E-state index contributed by atoms with van der Waals surface area (Å²) in [5, 5.41) is 23.1. The molecule has 0 bridgehead atoms. The van der Waals surface area contributed by atoms with Crippen molar-refractivity contribution in [2.24, 2.45) is 0 Å². The van der Waals surface area contributed by atoms with Gasteiger partial charge in [-0.15, -0.1) is 0 Å². The number of benzene rings is 1. The van der Waals surface area contributed by atoms with Gasteiger partial charge >= 0.3 is 0 Å². The first-order valence-corrected chi connectivity index (χ1v) is 6.60. The number of rotatable bonds is 5. The van der Waals surface area contributed by atoms with E-state index in [1.165, 1.54) is 30.5 Å². The van der Waals surface area contributed by atoms with Crippen molar-refractivity contribution in [3.05, 3.63) is 69.5 Å². The van der Waals surface area contributed by atoms with E-state index in [1.54, 1.807) is 12.1 Å². The number of aliphatic hydroxyl groups excluding tert-OH is 1. The summed E-state index contributed by atoms with van der Waals surface area (Å²) in [5.74, 6) is -0.339. The maximum Gasteiger partial charge on any atom is 0.269 e. The number of nitro benzene ring substituents is 1. The molecule has 0 aliphatic carbocycles. The van der Waals surface area contributed by atoms with E-state index in [9.17, 15) is 20.0 Å². The Morgan fingerprint density at radius 2 is 2.00 bits per heavy atom. The van der Waals surface area contributed by atoms with E-state index in [2.05, 4.69) is 10.3 Å². The van der Waals surface area contributed by atoms with Gasteiger partial charge in [0, 0.05) is 30.6 Å². The van der Waals surface area contributed by atoms with E-state index in [-0.39, 0.29) is 18.1 Å². The minimum Gasteiger partial charge on any atom is -0.387 e. The molecular formula is C15H15N3O4. The summed E-state index contributed by atoms with van der Waals surface area (Å²) in [6.07, 6.45) is 0.520. The van der Waals surface area contributed by atoms with Crippen molar-refractivity contribution in [1.29, 1.82) is 0 Å². The molecule has 7 nitrogen and oxygen atoms in total. The van der Waals surface area contributed by atoms with Crippen molar-refractivity contribution >= 4 is 11.6 Å². The summed E-state index contributed by atoms with van der Waals surface area (Å²) >= 11 is 0. The average Bonchev–Trinajstić information content (AvgIpc) is 2.53. The smallest absolute Gasteiger partial charge is 0.269 e. The molecule has 0 spiro atoms. The number of hydrogen-bond donors (Lipinski definition) is 2. The standard InChI is InChI=1S/C15H15N3O4/c1-10-2-3-12(8-16-10)15(20)17-9-14(19)11-4-6-13(7-5-11)18(21)22/h2-8,14,19H,9H2,1H3,(H,17,20). The van der Waals surface area contributed by atoms with Gasteiger partial charge in [-0.2, -0.15) is 0 Å². The molecule has 0 fully saturated rings. The monoisotopic (exact) mass is 301 g/mol. The molecule has 1 aromatic heterocycles. The normalized spacial score (nSPS) is 11.7. The molecule has 2 N–H and O–H groups in total. The van der Waals surface area contributed by atoms with Gasteiger partial charge in [0.15, 0.2) is 0 Å². The Labute approximate surface area is 126 Å². The van der Waals surface area contributed by atoms with Crippen molar-refractivity contribution in [1.82, 2.24) is 10.3 Å². The number of amides is 1. The Morgan fingerprint density at radius 3 is 2.55 bits per heavy atom. The zero-order valence-electron chi connectivity index (χ0n) is 11.9. The fraction of sp³-hybridized carbons (Fsp3) is 0.200. The van der Waals surface area contributed by atoms with E-state index < -0.39 is 11.0 Å². The van der Waals surface area contributed by atoms with Gasteiger partial charge in [0.1, 0.15) is 0 Å². The summed E-state index contributed by atoms with van der Waals surface area (Å²) in [6, 6.07) is 8.91. The number of aromatic nitrogens is 1. The zero-order chi connectivity index (χ0) is 16.1. The van der Waals surface area contributed by atoms with Crippen molar-refractivity contribution in [3.8, 4) is 0 Å². The van der Waals surface area contributed by atoms with Crippen LogP contribution in [0.2, 0.25) is 0 Å². The molecule has 2 rings (SSSR count). The summed E-state index contributed by atoms with van der Waals surface area (Å²) in [4.78, 5) is 26.0. The highest BCUT2D eigenvalue weighted by atomic mass is 16.6. The van der Waals surface area contributed by atoms with Crippen LogP contribution in [0.3, 0.4) is 0 Å². The molecule has 2 aromatic rings. The molecule has 0 saturated carbocycles. The average molecular weight is 301 g/mol. The number of nitrogens with one attached hydrogen (secondary N) is 1. The fourth-order valence-corrected chi connectivity index (χ4v) is 1.83. The van der Waals surface area contributed by atoms with E-state index in [1.807, 2.05) is 6.92 Å². The number of hydrogen-bond acceptors (Lipinski definition) is 5. The Morgan fingerprint density at radius 1 is 1.32 bits per heavy atom. The summed E-state index contributed by atoms with van der Waals surface area (Å²) in [6.45, 7) is 1.82. The van der Waals surface area contributed by atoms with Crippen molar-refractivity contribution in [2.45, 2.75) is 13.0 Å². The lowest BCUT2D eigenvalue weighted by atomic mass is 10.1. The molecule has 114 valence electrons. The Balaban J connectivity index is 1.94. The summed E-state index contributed by atoms with van der Waals surface area (Å²) in [7, 11) is 0. The highest BCUT2D eigenvalue weighted by Crippen LogP contribution is 2.17. The second-order valence-corrected chi connectivity index (χ2v) is 4.76. The Hall–Kier alpha value is -2.80. The highest BCUT2D eigenvalue weighted by Gasteiger charge is 2.12. The number of aliphatic hydroxyl groups is 1. The molecule has 1 heterocycles. The molecular weight excluding hydrogens is 286 g/mol. The van der Waals surface area contributed by atoms with Crippen LogP contribution in [-0.2, 0) is 0 Å². The first kappa shape index (κ1) is 15.6. The van der Waals surface area contributed by atoms with Crippen LogP contribution >= 0.6 is 0 Å². The molecule has 1 atom stereocenters. The minimum atomic E-state index is -0.942. The molecule has 0 aliphatic heterocycles. The van der Waals surface area contributed by atoms with Gasteiger partial charge in [0.25, 0.3) is 11.6 Å². The van der Waals surface area contributed by atoms with Crippen LogP contribution in [0.15, 0.2) is 42.6 Å². The van der Waals surface area contributed by atoms with Crippen LogP contribution in [0.1, 0.15) is 27.7 Å². The number of nitro groups is 1. The van der Waals surface area contributed by atoms with E-state index >= 15 is 0 Å². The maximum atomic E-state index is 11.9. The Bertz CT molecular complexity index is 668. The van der Waals surface area contributed by atoms with Crippen LogP contribution in [0.25, 0.3) is 0 Å². The predicted molar refractivity (Wildman–Crippen MR) is 79.4 cm³/mol. The second-order valence-electron chi connectivity index (χ2n) is 4.76. The molecule has 0 aliphatic rings. The van der Waals surface area contributed by atoms with Gasteiger partial charge in [0.2, 0.25) is 0 Å². The minimum absolute atomic E-state index is 0.00448. The number of carbonyl (C=O) groups is 1. The topological polar surface area (TPSA) is 105 Å². The lowest BCUT2D eigenvalue weighted by Gasteiger charge is -2.12. The van der Waals surface area contributed by atoms with Crippen LogP contribution in [0, 0.1) is 17.0 Å². The van der Waals surface area contributed by atoms with Crippen LogP contribution < -0.4 is 5.32 Å². The summed E-state index contributed by atoms with van der Waals surface area (Å²) in [5.41, 5.74) is 1.66. The second kappa shape index (κ2) is 6.77. The fourth-order valence-electron chi connectivity index (χ4n) is 1.83. The maximum absolute atomic E-state index is 11.9. The van der Waals surface area contributed by atoms with E-state index in [0.717, 1.165) is 5.69 Å². The zero-order valence-corrected chi connectivity index (χ0v) is 11.9. The van der Waals surface area contributed by atoms with Gasteiger partial charge < -0.3 is 10.4 Å². The predicted octanol–water partition coefficient (Wildman–Crippen LogP) is 1.76. The SMILES string of the molecule is Cc1ccc(C(=O)NCC(O)c2ccc([N+](=O)[O-])cc2)cn1. The lowest BCUT2D eigenvalue weighted by Crippen LogP contribution is -2.28. The van der Waals surface area contributed by atoms with Gasteiger partial charge in [0.05, 0.1) is 16.6 Å². The third-order valence-electron chi connectivity index (χ3n) is 3.12.